The van der Waals surface area contributed by atoms with Crippen LogP contribution in [0.25, 0.3) is 0 Å². The summed E-state index contributed by atoms with van der Waals surface area (Å²) in [6.07, 6.45) is 3.93. The lowest BCUT2D eigenvalue weighted by molar-refractivity contribution is 0.0909. The van der Waals surface area contributed by atoms with Crippen molar-refractivity contribution in [1.29, 1.82) is 0 Å². The number of carbonyl (C=O) groups is 1. The normalized spacial score (nSPS) is 21.2. The van der Waals surface area contributed by atoms with Crippen LogP contribution in [0.2, 0.25) is 5.02 Å². The van der Waals surface area contributed by atoms with Gasteiger partial charge in [0.1, 0.15) is 18.5 Å². The molecule has 2 aliphatic heterocycles. The first kappa shape index (κ1) is 17.2. The van der Waals surface area contributed by atoms with Gasteiger partial charge in [-0.3, -0.25) is 4.79 Å². The molecular formula is C19H22ClN3O3. The minimum Gasteiger partial charge on any atom is -0.491 e. The number of hydrogen-bond acceptors (Lipinski definition) is 4. The van der Waals surface area contributed by atoms with Gasteiger partial charge in [-0.15, -0.1) is 0 Å². The van der Waals surface area contributed by atoms with E-state index in [1.165, 1.54) is 0 Å². The Kier molecular flexibility index (Phi) is 4.76. The minimum absolute atomic E-state index is 0.110. The van der Waals surface area contributed by atoms with E-state index >= 15 is 0 Å². The fourth-order valence-corrected chi connectivity index (χ4v) is 3.70. The summed E-state index contributed by atoms with van der Waals surface area (Å²) in [5.41, 5.74) is 1.39. The van der Waals surface area contributed by atoms with Crippen LogP contribution in [0.5, 0.6) is 11.6 Å². The molecule has 1 N–H and O–H groups in total. The van der Waals surface area contributed by atoms with Gasteiger partial charge in [-0.2, -0.15) is 5.10 Å². The molecule has 7 heteroatoms. The first-order valence-electron chi connectivity index (χ1n) is 9.09. The number of fused-ring (bicyclic) bond motifs is 2. The topological polar surface area (TPSA) is 65.4 Å². The highest BCUT2D eigenvalue weighted by atomic mass is 35.5. The largest absolute Gasteiger partial charge is 0.491 e. The Morgan fingerprint density at radius 2 is 2.31 bits per heavy atom. The van der Waals surface area contributed by atoms with Gasteiger partial charge in [-0.05, 0) is 36.6 Å². The number of hydrogen-bond donors (Lipinski definition) is 1. The fourth-order valence-electron chi connectivity index (χ4n) is 3.50. The molecule has 0 saturated carbocycles. The minimum atomic E-state index is -0.207. The summed E-state index contributed by atoms with van der Waals surface area (Å²) in [5, 5.41) is 8.06. The van der Waals surface area contributed by atoms with Crippen LogP contribution in [-0.2, 0) is 13.0 Å². The molecule has 2 atom stereocenters. The predicted molar refractivity (Wildman–Crippen MR) is 98.1 cm³/mol. The lowest BCUT2D eigenvalue weighted by Crippen LogP contribution is -2.42. The second kappa shape index (κ2) is 7.19. The molecule has 3 heterocycles. The molecule has 0 spiro atoms. The Morgan fingerprint density at radius 1 is 1.42 bits per heavy atom. The summed E-state index contributed by atoms with van der Waals surface area (Å²) >= 11 is 6.05. The molecule has 2 aliphatic rings. The highest BCUT2D eigenvalue weighted by Crippen LogP contribution is 2.28. The van der Waals surface area contributed by atoms with Gasteiger partial charge in [0, 0.05) is 24.1 Å². The Bertz CT molecular complexity index is 820. The molecular weight excluding hydrogens is 354 g/mol. The van der Waals surface area contributed by atoms with Crippen LogP contribution >= 0.6 is 11.6 Å². The molecule has 1 aromatic heterocycles. The third kappa shape index (κ3) is 3.51. The molecule has 4 rings (SSSR count). The molecule has 0 fully saturated rings. The van der Waals surface area contributed by atoms with Crippen LogP contribution in [0.4, 0.5) is 0 Å². The summed E-state index contributed by atoms with van der Waals surface area (Å²) in [6.45, 7) is 3.36. The lowest BCUT2D eigenvalue weighted by atomic mass is 10.0. The summed E-state index contributed by atoms with van der Waals surface area (Å²) < 4.78 is 13.4. The molecule has 2 aromatic rings. The van der Waals surface area contributed by atoms with Crippen LogP contribution < -0.4 is 14.8 Å². The van der Waals surface area contributed by atoms with E-state index < -0.39 is 0 Å². The quantitative estimate of drug-likeness (QED) is 0.891. The maximum atomic E-state index is 12.6. The summed E-state index contributed by atoms with van der Waals surface area (Å²) in [4.78, 5) is 12.6. The second-order valence-electron chi connectivity index (χ2n) is 6.85. The van der Waals surface area contributed by atoms with Crippen LogP contribution in [-0.4, -0.2) is 34.4 Å². The van der Waals surface area contributed by atoms with E-state index in [9.17, 15) is 4.79 Å². The van der Waals surface area contributed by atoms with E-state index in [-0.39, 0.29) is 18.1 Å². The van der Waals surface area contributed by atoms with Crippen molar-refractivity contribution in [3.63, 3.8) is 0 Å². The molecule has 0 aliphatic carbocycles. The predicted octanol–water partition coefficient (Wildman–Crippen LogP) is 3.22. The molecule has 1 amide bonds. The maximum absolute atomic E-state index is 12.6. The third-order valence-corrected chi connectivity index (χ3v) is 5.04. The molecule has 1 unspecified atom stereocenters. The van der Waals surface area contributed by atoms with Gasteiger partial charge >= 0.3 is 0 Å². The Balaban J connectivity index is 1.42. The van der Waals surface area contributed by atoms with E-state index in [4.69, 9.17) is 21.1 Å². The zero-order valence-corrected chi connectivity index (χ0v) is 15.5. The van der Waals surface area contributed by atoms with Crippen molar-refractivity contribution in [1.82, 2.24) is 15.1 Å². The van der Waals surface area contributed by atoms with E-state index in [1.54, 1.807) is 16.8 Å². The third-order valence-electron chi connectivity index (χ3n) is 4.80. The van der Waals surface area contributed by atoms with E-state index in [2.05, 4.69) is 17.3 Å². The van der Waals surface area contributed by atoms with Gasteiger partial charge in [0.2, 0.25) is 5.88 Å². The van der Waals surface area contributed by atoms with Crippen molar-refractivity contribution in [2.75, 3.05) is 6.61 Å². The summed E-state index contributed by atoms with van der Waals surface area (Å²) in [5.74, 6) is 1.30. The summed E-state index contributed by atoms with van der Waals surface area (Å²) in [7, 11) is 0. The molecule has 0 saturated heterocycles. The zero-order chi connectivity index (χ0) is 18.1. The van der Waals surface area contributed by atoms with Crippen molar-refractivity contribution in [3.8, 4) is 11.6 Å². The second-order valence-corrected chi connectivity index (χ2v) is 7.28. The Hall–Kier alpha value is -2.21. The van der Waals surface area contributed by atoms with Gasteiger partial charge in [0.25, 0.3) is 5.91 Å². The average Bonchev–Trinajstić information content (AvgIpc) is 3.05. The van der Waals surface area contributed by atoms with Gasteiger partial charge in [0.15, 0.2) is 5.69 Å². The molecule has 138 valence electrons. The Morgan fingerprint density at radius 3 is 3.15 bits per heavy atom. The molecule has 26 heavy (non-hydrogen) atoms. The highest BCUT2D eigenvalue weighted by molar-refractivity contribution is 6.30. The number of benzene rings is 1. The van der Waals surface area contributed by atoms with Crippen LogP contribution in [0, 0.1) is 0 Å². The van der Waals surface area contributed by atoms with Crippen molar-refractivity contribution in [2.45, 2.75) is 51.3 Å². The number of amides is 1. The monoisotopic (exact) mass is 375 g/mol. The van der Waals surface area contributed by atoms with Gasteiger partial charge in [0.05, 0.1) is 6.04 Å². The van der Waals surface area contributed by atoms with Crippen LogP contribution in [0.15, 0.2) is 24.3 Å². The SMILES string of the molecule is CCCC1CCn2nc(C(=O)N[C@H]3COc4ccc(Cl)cc4C3)cc2O1. The summed E-state index contributed by atoms with van der Waals surface area (Å²) in [6, 6.07) is 7.17. The molecule has 1 aromatic carbocycles. The van der Waals surface area contributed by atoms with E-state index in [0.29, 0.717) is 29.6 Å². The van der Waals surface area contributed by atoms with E-state index in [0.717, 1.165) is 37.1 Å². The number of nitrogens with zero attached hydrogens (tertiary/aromatic N) is 2. The molecule has 0 bridgehead atoms. The number of ether oxygens (including phenoxy) is 2. The molecule has 6 nitrogen and oxygen atoms in total. The first-order chi connectivity index (χ1) is 12.6. The standard InChI is InChI=1S/C19H22ClN3O3/c1-2-3-15-6-7-23-18(26-15)10-16(22-23)19(24)21-14-9-12-8-13(20)4-5-17(12)25-11-14/h4-5,8,10,14-15H,2-3,6-7,9,11H2,1H3,(H,21,24)/t14-,15?/m1/s1. The maximum Gasteiger partial charge on any atom is 0.272 e. The number of aromatic nitrogens is 2. The molecule has 0 radical (unpaired) electrons. The fraction of sp³-hybridized carbons (Fsp3) is 0.474. The smallest absolute Gasteiger partial charge is 0.272 e. The Labute approximate surface area is 157 Å². The number of halogens is 1. The highest BCUT2D eigenvalue weighted by Gasteiger charge is 2.26. The first-order valence-corrected chi connectivity index (χ1v) is 9.46. The van der Waals surface area contributed by atoms with Gasteiger partial charge < -0.3 is 14.8 Å². The van der Waals surface area contributed by atoms with Crippen molar-refractivity contribution in [2.24, 2.45) is 0 Å². The van der Waals surface area contributed by atoms with Crippen molar-refractivity contribution in [3.05, 3.63) is 40.5 Å². The van der Waals surface area contributed by atoms with Crippen LogP contribution in [0.1, 0.15) is 42.2 Å². The number of aryl methyl sites for hydroxylation is 1. The van der Waals surface area contributed by atoms with Gasteiger partial charge in [-0.25, -0.2) is 4.68 Å². The zero-order valence-electron chi connectivity index (χ0n) is 14.7. The lowest BCUT2D eigenvalue weighted by Gasteiger charge is -2.25. The van der Waals surface area contributed by atoms with Gasteiger partial charge in [-0.1, -0.05) is 24.9 Å². The average molecular weight is 376 g/mol. The van der Waals surface area contributed by atoms with E-state index in [1.807, 2.05) is 12.1 Å². The number of carbonyl (C=O) groups excluding carboxylic acids is 1. The van der Waals surface area contributed by atoms with Crippen molar-refractivity contribution < 1.29 is 14.3 Å². The van der Waals surface area contributed by atoms with Crippen LogP contribution in [0.3, 0.4) is 0 Å². The van der Waals surface area contributed by atoms with Crippen molar-refractivity contribution >= 4 is 17.5 Å². The number of nitrogens with one attached hydrogen (secondary N) is 1. The number of rotatable bonds is 4.